The zero-order valence-electron chi connectivity index (χ0n) is 45.0. The molecule has 0 spiro atoms. The average Bonchev–Trinajstić information content (AvgIpc) is 4.12. The Morgan fingerprint density at radius 3 is 1.08 bits per heavy atom. The second-order valence-electron chi connectivity index (χ2n) is 21.6. The van der Waals surface area contributed by atoms with Crippen LogP contribution in [0.3, 0.4) is 0 Å². The smallest absolute Gasteiger partial charge is 0.0432 e. The Kier molecular flexibility index (Phi) is 14.6. The molecular formula is C76H70. The van der Waals surface area contributed by atoms with Gasteiger partial charge >= 0.3 is 0 Å². The van der Waals surface area contributed by atoms with E-state index < -0.39 is 0 Å². The van der Waals surface area contributed by atoms with Crippen molar-refractivity contribution in [2.24, 2.45) is 0 Å². The zero-order valence-corrected chi connectivity index (χ0v) is 45.0. The van der Waals surface area contributed by atoms with Gasteiger partial charge in [-0.2, -0.15) is 0 Å². The third kappa shape index (κ3) is 8.46. The number of hydrogen-bond donors (Lipinski definition) is 0. The molecule has 0 aliphatic heterocycles. The highest BCUT2D eigenvalue weighted by Gasteiger charge is 2.44. The van der Waals surface area contributed by atoms with Crippen LogP contribution < -0.4 is 0 Å². The Morgan fingerprint density at radius 1 is 0.368 bits per heavy atom. The summed E-state index contributed by atoms with van der Waals surface area (Å²) in [5.41, 5.74) is 22.6. The summed E-state index contributed by atoms with van der Waals surface area (Å²) in [6, 6.07) is 74.4. The van der Waals surface area contributed by atoms with Gasteiger partial charge in [0.05, 0.1) is 0 Å². The number of allylic oxidation sites excluding steroid dienone is 2. The minimum atomic E-state index is -0.212. The van der Waals surface area contributed by atoms with E-state index in [9.17, 15) is 0 Å². The first-order valence-corrected chi connectivity index (χ1v) is 27.5. The predicted octanol–water partition coefficient (Wildman–Crippen LogP) is 19.8. The van der Waals surface area contributed by atoms with Gasteiger partial charge in [-0.15, -0.1) is 37.8 Å². The van der Waals surface area contributed by atoms with Crippen LogP contribution in [-0.4, -0.2) is 0 Å². The Hall–Kier alpha value is -8.16. The minimum absolute atomic E-state index is 0.0245. The lowest BCUT2D eigenvalue weighted by Gasteiger charge is -2.31. The molecule has 0 unspecified atom stereocenters. The van der Waals surface area contributed by atoms with Gasteiger partial charge in [0.15, 0.2) is 0 Å². The lowest BCUT2D eigenvalue weighted by Crippen LogP contribution is -2.24. The molecule has 0 heterocycles. The van der Waals surface area contributed by atoms with E-state index in [0.717, 1.165) is 12.8 Å². The van der Waals surface area contributed by atoms with E-state index in [1.54, 1.807) is 11.1 Å². The first kappa shape index (κ1) is 51.3. The van der Waals surface area contributed by atoms with Crippen LogP contribution in [-0.2, 0) is 21.7 Å². The fourth-order valence-electron chi connectivity index (χ4n) is 14.0. The summed E-state index contributed by atoms with van der Waals surface area (Å²) in [4.78, 5) is 0. The van der Waals surface area contributed by atoms with E-state index in [-0.39, 0.29) is 21.7 Å². The van der Waals surface area contributed by atoms with Gasteiger partial charge in [0.1, 0.15) is 0 Å². The molecule has 13 rings (SSSR count). The van der Waals surface area contributed by atoms with E-state index in [2.05, 4.69) is 259 Å². The lowest BCUT2D eigenvalue weighted by atomic mass is 9.71. The van der Waals surface area contributed by atoms with Crippen LogP contribution >= 0.6 is 0 Å². The van der Waals surface area contributed by atoms with Gasteiger partial charge in [-0.05, 0) is 125 Å². The highest BCUT2D eigenvalue weighted by atomic mass is 14.5. The molecule has 0 fully saturated rings. The molecule has 0 N–H and O–H groups in total. The third-order valence-electron chi connectivity index (χ3n) is 17.1. The second-order valence-corrected chi connectivity index (χ2v) is 21.6. The van der Waals surface area contributed by atoms with Gasteiger partial charge in [-0.3, -0.25) is 0 Å². The summed E-state index contributed by atoms with van der Waals surface area (Å²) in [5.74, 6) is 5.64. The molecule has 4 aliphatic rings. The van der Waals surface area contributed by atoms with Crippen molar-refractivity contribution >= 4 is 10.8 Å². The molecule has 0 nitrogen and oxygen atoms in total. The monoisotopic (exact) mass is 983 g/mol. The lowest BCUT2D eigenvalue weighted by molar-refractivity contribution is 0.436. The summed E-state index contributed by atoms with van der Waals surface area (Å²) in [6.45, 7) is 17.2. The fraction of sp³-hybridized carbons (Fsp3) is 0.211. The van der Waals surface area contributed by atoms with E-state index in [4.69, 9.17) is 12.8 Å². The van der Waals surface area contributed by atoms with E-state index in [1.165, 1.54) is 114 Å². The first-order valence-electron chi connectivity index (χ1n) is 27.5. The van der Waals surface area contributed by atoms with Gasteiger partial charge in [-0.25, -0.2) is 0 Å². The number of terminal acetylenes is 2. The third-order valence-corrected chi connectivity index (χ3v) is 17.1. The molecule has 76 heavy (non-hydrogen) atoms. The van der Waals surface area contributed by atoms with E-state index in [1.807, 2.05) is 12.2 Å². The van der Waals surface area contributed by atoms with Gasteiger partial charge < -0.3 is 0 Å². The second kappa shape index (κ2) is 21.6. The Balaban J connectivity index is 0.000000115. The predicted molar refractivity (Wildman–Crippen MR) is 326 cm³/mol. The van der Waals surface area contributed by atoms with Crippen LogP contribution in [0.1, 0.15) is 124 Å². The zero-order chi connectivity index (χ0) is 52.9. The summed E-state index contributed by atoms with van der Waals surface area (Å²) >= 11 is 0. The Bertz CT molecular complexity index is 3510. The van der Waals surface area contributed by atoms with Crippen molar-refractivity contribution in [2.45, 2.75) is 101 Å². The SMILES string of the molecule is C#CCC1(CC#C)c2ccccc2-c2ccccc21.C=CCC1(CC=C)c2ccccc2-c2ccccc21.CC1(C)c2ccccc2-c2c1ccc1ccccc21.CCCC1(CCC)c2ccccc2-c2ccccc21. The topological polar surface area (TPSA) is 0 Å². The van der Waals surface area contributed by atoms with Crippen LogP contribution in [0.15, 0.2) is 232 Å². The molecule has 0 aromatic heterocycles. The molecule has 9 aromatic carbocycles. The average molecular weight is 983 g/mol. The molecule has 374 valence electrons. The Labute approximate surface area is 454 Å². The van der Waals surface area contributed by atoms with Gasteiger partial charge in [0, 0.05) is 34.5 Å². The van der Waals surface area contributed by atoms with Crippen molar-refractivity contribution in [1.82, 2.24) is 0 Å². The maximum absolute atomic E-state index is 5.62. The maximum atomic E-state index is 5.62. The largest absolute Gasteiger partial charge is 0.120 e. The molecule has 0 amide bonds. The molecule has 9 aromatic rings. The van der Waals surface area contributed by atoms with Crippen LogP contribution in [0.25, 0.3) is 55.3 Å². The van der Waals surface area contributed by atoms with Gasteiger partial charge in [-0.1, -0.05) is 259 Å². The summed E-state index contributed by atoms with van der Waals surface area (Å²) in [7, 11) is 0. The standard InChI is InChI=1S/C19H16.C19H22.C19H18.C19H14/c1-19(2)16-10-6-5-9-15(16)18-14-8-4-3-7-13(14)11-12-17(18)19;3*1-3-13-19(14-4-2)17-11-7-5-9-15(17)16-10-6-8-12-18(16)19/h3-12H,1-2H3;5-12H,3-4,13-14H2,1-2H3;3-12H,1-2,13-14H2;1-2,5-12H,13-14H2. The van der Waals surface area contributed by atoms with E-state index >= 15 is 0 Å². The molecular weight excluding hydrogens is 913 g/mol. The number of rotatable bonds is 10. The molecule has 0 radical (unpaired) electrons. The number of benzene rings is 9. The van der Waals surface area contributed by atoms with Crippen molar-refractivity contribution in [3.05, 3.63) is 276 Å². The van der Waals surface area contributed by atoms with Gasteiger partial charge in [0.25, 0.3) is 0 Å². The highest BCUT2D eigenvalue weighted by molar-refractivity contribution is 6.02. The van der Waals surface area contributed by atoms with Crippen LogP contribution in [0.5, 0.6) is 0 Å². The molecule has 0 bridgehead atoms. The molecule has 0 saturated carbocycles. The van der Waals surface area contributed by atoms with Crippen LogP contribution in [0, 0.1) is 24.7 Å². The van der Waals surface area contributed by atoms with Crippen molar-refractivity contribution in [2.75, 3.05) is 0 Å². The van der Waals surface area contributed by atoms with Crippen molar-refractivity contribution < 1.29 is 0 Å². The summed E-state index contributed by atoms with van der Waals surface area (Å²) < 4.78 is 0. The minimum Gasteiger partial charge on any atom is -0.120 e. The molecule has 0 saturated heterocycles. The van der Waals surface area contributed by atoms with Gasteiger partial charge in [0.2, 0.25) is 0 Å². The molecule has 0 heteroatoms. The van der Waals surface area contributed by atoms with Crippen molar-refractivity contribution in [1.29, 1.82) is 0 Å². The number of fused-ring (bicyclic) bond motifs is 14. The van der Waals surface area contributed by atoms with Crippen molar-refractivity contribution in [3.63, 3.8) is 0 Å². The van der Waals surface area contributed by atoms with E-state index in [0.29, 0.717) is 12.8 Å². The number of hydrogen-bond acceptors (Lipinski definition) is 0. The molecule has 0 atom stereocenters. The van der Waals surface area contributed by atoms with Crippen molar-refractivity contribution in [3.8, 4) is 69.2 Å². The fourth-order valence-corrected chi connectivity index (χ4v) is 14.0. The maximum Gasteiger partial charge on any atom is 0.0432 e. The summed E-state index contributed by atoms with van der Waals surface area (Å²) in [5, 5.41) is 2.70. The first-order chi connectivity index (χ1) is 37.2. The normalized spacial score (nSPS) is 14.7. The van der Waals surface area contributed by atoms with Crippen LogP contribution in [0.2, 0.25) is 0 Å². The van der Waals surface area contributed by atoms with Crippen LogP contribution in [0.4, 0.5) is 0 Å². The highest BCUT2D eigenvalue weighted by Crippen LogP contribution is 2.56. The quantitative estimate of drug-likeness (QED) is 0.0946. The Morgan fingerprint density at radius 2 is 0.697 bits per heavy atom. The summed E-state index contributed by atoms with van der Waals surface area (Å²) in [6.07, 6.45) is 23.5. The molecule has 4 aliphatic carbocycles.